The summed E-state index contributed by atoms with van der Waals surface area (Å²) < 4.78 is 5.28. The summed E-state index contributed by atoms with van der Waals surface area (Å²) in [5.41, 5.74) is 0. The Labute approximate surface area is 101 Å². The molecule has 0 spiro atoms. The zero-order valence-electron chi connectivity index (χ0n) is 6.20. The van der Waals surface area contributed by atoms with Gasteiger partial charge in [-0.2, -0.15) is 0 Å². The van der Waals surface area contributed by atoms with Crippen molar-refractivity contribution in [2.45, 2.75) is 0 Å². The Morgan fingerprint density at radius 3 is 2.85 bits per heavy atom. The Morgan fingerprint density at radius 1 is 1.38 bits per heavy atom. The first kappa shape index (κ1) is 12.0. The number of hydrogen-bond acceptors (Lipinski definition) is 4. The summed E-state index contributed by atoms with van der Waals surface area (Å²) in [7, 11) is 1.51. The van der Waals surface area contributed by atoms with E-state index >= 15 is 0 Å². The van der Waals surface area contributed by atoms with Crippen LogP contribution in [-0.2, 0) is 11.8 Å². The van der Waals surface area contributed by atoms with E-state index in [-0.39, 0.29) is 6.56 Å². The Morgan fingerprint density at radius 2 is 2.15 bits per heavy atom. The molecule has 0 radical (unpaired) electrons. The molecule has 1 aromatic carbocycles. The van der Waals surface area contributed by atoms with Crippen molar-refractivity contribution < 1.29 is 4.18 Å². The van der Waals surface area contributed by atoms with Gasteiger partial charge in [0.15, 0.2) is 5.75 Å². The summed E-state index contributed by atoms with van der Waals surface area (Å²) in [6.45, 7) is -0.0483. The van der Waals surface area contributed by atoms with Gasteiger partial charge in [0.25, 0.3) is 0 Å². The average Bonchev–Trinajstić information content (AvgIpc) is 2.13. The maximum absolute atomic E-state index is 5.87. The second-order valence-electron chi connectivity index (χ2n) is 1.90. The highest BCUT2D eigenvalue weighted by atomic mass is 35.5. The van der Waals surface area contributed by atoms with Gasteiger partial charge >= 0.3 is 0 Å². The first-order valence-corrected chi connectivity index (χ1v) is 9.32. The number of benzene rings is 1. The molecule has 0 heterocycles. The quantitative estimate of drug-likeness (QED) is 0.350. The molecule has 1 atom stereocenters. The molecule has 1 aromatic rings. The van der Waals surface area contributed by atoms with Crippen LogP contribution in [0.15, 0.2) is 18.2 Å². The van der Waals surface area contributed by atoms with Crippen LogP contribution in [0.3, 0.4) is 0 Å². The third kappa shape index (κ3) is 3.90. The van der Waals surface area contributed by atoms with Gasteiger partial charge in [-0.1, -0.05) is 41.1 Å². The van der Waals surface area contributed by atoms with E-state index in [1.165, 1.54) is 21.5 Å². The molecule has 72 valence electrons. The van der Waals surface area contributed by atoms with Gasteiger partial charge in [0.2, 0.25) is 0 Å². The highest BCUT2D eigenvalue weighted by Crippen LogP contribution is 2.39. The van der Waals surface area contributed by atoms with Crippen LogP contribution in [0.25, 0.3) is 0 Å². The lowest BCUT2D eigenvalue weighted by atomic mass is 10.3. The fourth-order valence-corrected chi connectivity index (χ4v) is 3.22. The van der Waals surface area contributed by atoms with Gasteiger partial charge in [-0.3, -0.25) is 0 Å². The van der Waals surface area contributed by atoms with Crippen molar-refractivity contribution in [3.63, 3.8) is 0 Å². The van der Waals surface area contributed by atoms with E-state index in [2.05, 4.69) is 0 Å². The van der Waals surface area contributed by atoms with Crippen molar-refractivity contribution in [3.8, 4) is 5.75 Å². The van der Waals surface area contributed by atoms with Gasteiger partial charge in [0.05, 0.1) is 5.02 Å². The van der Waals surface area contributed by atoms with Crippen LogP contribution in [0.4, 0.5) is 0 Å². The minimum atomic E-state index is -0.0483. The summed E-state index contributed by atoms with van der Waals surface area (Å²) >= 11 is 17.7. The molecule has 0 aliphatic heterocycles. The van der Waals surface area contributed by atoms with E-state index in [4.69, 9.17) is 39.2 Å². The van der Waals surface area contributed by atoms with Crippen molar-refractivity contribution in [2.24, 2.45) is 0 Å². The molecular formula is C6H5Cl2OPS3. The minimum Gasteiger partial charge on any atom is -0.412 e. The molecule has 13 heavy (non-hydrogen) atoms. The average molecular weight is 291 g/mol. The maximum atomic E-state index is 5.87. The van der Waals surface area contributed by atoms with E-state index in [0.29, 0.717) is 15.8 Å². The lowest BCUT2D eigenvalue weighted by Gasteiger charge is -2.04. The SMILES string of the molecule is S=[PH2]SSOc1cccc(Cl)c1Cl. The van der Waals surface area contributed by atoms with Crippen LogP contribution in [0.1, 0.15) is 0 Å². The Bertz CT molecular complexity index is 310. The molecule has 0 saturated heterocycles. The smallest absolute Gasteiger partial charge is 0.158 e. The van der Waals surface area contributed by atoms with Crippen LogP contribution in [0.2, 0.25) is 10.0 Å². The Kier molecular flexibility index (Phi) is 5.95. The fraction of sp³-hybridized carbons (Fsp3) is 0. The summed E-state index contributed by atoms with van der Waals surface area (Å²) in [4.78, 5) is 0. The summed E-state index contributed by atoms with van der Waals surface area (Å²) in [5.74, 6) is 0.578. The third-order valence-corrected chi connectivity index (χ3v) is 6.54. The van der Waals surface area contributed by atoms with Crippen LogP contribution >= 0.6 is 51.2 Å². The van der Waals surface area contributed by atoms with Crippen LogP contribution in [0.5, 0.6) is 5.75 Å². The zero-order valence-corrected chi connectivity index (χ0v) is 11.3. The number of halogens is 2. The van der Waals surface area contributed by atoms with E-state index in [1.54, 1.807) is 18.2 Å². The van der Waals surface area contributed by atoms with Crippen LogP contribution < -0.4 is 4.18 Å². The Balaban J connectivity index is 2.65. The number of rotatable bonds is 4. The lowest BCUT2D eigenvalue weighted by molar-refractivity contribution is 0.657. The van der Waals surface area contributed by atoms with Gasteiger partial charge in [-0.05, 0) is 29.1 Å². The van der Waals surface area contributed by atoms with Gasteiger partial charge in [-0.25, -0.2) is 0 Å². The molecule has 7 heteroatoms. The maximum Gasteiger partial charge on any atom is 0.158 e. The monoisotopic (exact) mass is 290 g/mol. The second kappa shape index (κ2) is 6.44. The molecule has 0 N–H and O–H groups in total. The third-order valence-electron chi connectivity index (χ3n) is 1.12. The van der Waals surface area contributed by atoms with Crippen molar-refractivity contribution >= 4 is 63.1 Å². The molecule has 0 saturated carbocycles. The molecule has 0 aliphatic rings. The summed E-state index contributed by atoms with van der Waals surface area (Å²) in [6, 6.07) is 5.27. The van der Waals surface area contributed by atoms with E-state index in [1.807, 2.05) is 0 Å². The molecule has 1 unspecified atom stereocenters. The first-order chi connectivity index (χ1) is 6.25. The van der Waals surface area contributed by atoms with Gasteiger partial charge < -0.3 is 4.18 Å². The van der Waals surface area contributed by atoms with E-state index < -0.39 is 0 Å². The first-order valence-electron chi connectivity index (χ1n) is 3.13. The summed E-state index contributed by atoms with van der Waals surface area (Å²) in [6.07, 6.45) is 0. The highest BCUT2D eigenvalue weighted by Gasteiger charge is 2.05. The second-order valence-corrected chi connectivity index (χ2v) is 8.40. The molecule has 1 nitrogen and oxygen atoms in total. The molecule has 0 amide bonds. The highest BCUT2D eigenvalue weighted by molar-refractivity contribution is 8.97. The molecule has 0 aromatic heterocycles. The fourth-order valence-electron chi connectivity index (χ4n) is 0.621. The van der Waals surface area contributed by atoms with Gasteiger partial charge in [0.1, 0.15) is 16.1 Å². The molecule has 1 rings (SSSR count). The van der Waals surface area contributed by atoms with Gasteiger partial charge in [0, 0.05) is 0 Å². The largest absolute Gasteiger partial charge is 0.412 e. The number of hydrogen-bond donors (Lipinski definition) is 0. The Hall–Kier alpha value is 0.950. The summed E-state index contributed by atoms with van der Waals surface area (Å²) in [5, 5.41) is 0.937. The van der Waals surface area contributed by atoms with Crippen LogP contribution in [-0.4, -0.2) is 0 Å². The van der Waals surface area contributed by atoms with Gasteiger partial charge in [-0.15, -0.1) is 0 Å². The lowest BCUT2D eigenvalue weighted by Crippen LogP contribution is -1.79. The molecular weight excluding hydrogens is 286 g/mol. The standard InChI is InChI=1S/C6H5Cl2OPS3/c7-4-2-1-3-5(6(4)8)9-12-13-10-11/h1-3H,10H2. The predicted octanol–water partition coefficient (Wildman–Crippen LogP) is 4.46. The predicted molar refractivity (Wildman–Crippen MR) is 69.3 cm³/mol. The van der Waals surface area contributed by atoms with Crippen LogP contribution in [0, 0.1) is 0 Å². The molecule has 0 aliphatic carbocycles. The topological polar surface area (TPSA) is 9.23 Å². The van der Waals surface area contributed by atoms with Crippen molar-refractivity contribution in [3.05, 3.63) is 28.2 Å². The molecule has 0 fully saturated rings. The van der Waals surface area contributed by atoms with Crippen molar-refractivity contribution in [2.75, 3.05) is 0 Å². The normalized spacial score (nSPS) is 10.9. The van der Waals surface area contributed by atoms with E-state index in [0.717, 1.165) is 0 Å². The molecule has 0 bridgehead atoms. The van der Waals surface area contributed by atoms with Crippen molar-refractivity contribution in [1.29, 1.82) is 0 Å². The zero-order chi connectivity index (χ0) is 9.68. The van der Waals surface area contributed by atoms with E-state index in [9.17, 15) is 0 Å². The minimum absolute atomic E-state index is 0.0483. The van der Waals surface area contributed by atoms with Crippen molar-refractivity contribution in [1.82, 2.24) is 0 Å².